The molecular weight excluding hydrogens is 300 g/mol. The van der Waals surface area contributed by atoms with E-state index in [4.69, 9.17) is 4.74 Å². The molecule has 1 amide bonds. The molecule has 0 radical (unpaired) electrons. The molecule has 2 rings (SSSR count). The number of amides is 1. The quantitative estimate of drug-likeness (QED) is 0.888. The summed E-state index contributed by atoms with van der Waals surface area (Å²) in [4.78, 5) is 12.3. The maximum atomic E-state index is 13.6. The predicted octanol–water partition coefficient (Wildman–Crippen LogP) is 4.38. The molecule has 23 heavy (non-hydrogen) atoms. The van der Waals surface area contributed by atoms with E-state index in [-0.39, 0.29) is 5.69 Å². The van der Waals surface area contributed by atoms with Crippen molar-refractivity contribution in [2.24, 2.45) is 0 Å². The van der Waals surface area contributed by atoms with Crippen LogP contribution in [-0.2, 0) is 4.79 Å². The molecule has 0 aliphatic rings. The van der Waals surface area contributed by atoms with Crippen LogP contribution in [0.1, 0.15) is 24.5 Å². The van der Waals surface area contributed by atoms with Gasteiger partial charge in [-0.05, 0) is 49.6 Å². The largest absolute Gasteiger partial charge is 0.480 e. The smallest absolute Gasteiger partial charge is 0.265 e. The fourth-order valence-electron chi connectivity index (χ4n) is 2.13. The fourth-order valence-corrected chi connectivity index (χ4v) is 2.13. The molecule has 0 aliphatic heterocycles. The van der Waals surface area contributed by atoms with Crippen molar-refractivity contribution in [3.8, 4) is 5.75 Å². The van der Waals surface area contributed by atoms with E-state index in [9.17, 15) is 13.6 Å². The van der Waals surface area contributed by atoms with Gasteiger partial charge in [0.05, 0.1) is 5.69 Å². The Labute approximate surface area is 134 Å². The van der Waals surface area contributed by atoms with Gasteiger partial charge in [-0.15, -0.1) is 0 Å². The van der Waals surface area contributed by atoms with E-state index in [1.807, 2.05) is 26.0 Å². The van der Waals surface area contributed by atoms with Gasteiger partial charge in [-0.3, -0.25) is 4.79 Å². The van der Waals surface area contributed by atoms with Crippen LogP contribution in [0.4, 0.5) is 14.5 Å². The zero-order valence-corrected chi connectivity index (χ0v) is 13.3. The number of carbonyl (C=O) groups is 1. The molecule has 0 aromatic heterocycles. The van der Waals surface area contributed by atoms with E-state index >= 15 is 0 Å². The van der Waals surface area contributed by atoms with Crippen molar-refractivity contribution in [1.29, 1.82) is 0 Å². The monoisotopic (exact) mass is 319 g/mol. The van der Waals surface area contributed by atoms with Crippen LogP contribution in [0.3, 0.4) is 0 Å². The predicted molar refractivity (Wildman–Crippen MR) is 85.6 cm³/mol. The molecule has 122 valence electrons. The molecule has 2 aromatic carbocycles. The Morgan fingerprint density at radius 3 is 2.61 bits per heavy atom. The summed E-state index contributed by atoms with van der Waals surface area (Å²) >= 11 is 0. The second-order valence-electron chi connectivity index (χ2n) is 5.33. The number of rotatable bonds is 5. The lowest BCUT2D eigenvalue weighted by Gasteiger charge is -2.19. The van der Waals surface area contributed by atoms with Gasteiger partial charge in [-0.2, -0.15) is 0 Å². The standard InChI is InChI=1S/C18H19F2NO2/c1-4-16(23-17-7-5-6-11(2)12(17)3)18(22)21-15-9-8-13(19)10-14(15)20/h5-10,16H,4H2,1-3H3,(H,21,22)/t16-/m1/s1. The molecule has 1 atom stereocenters. The molecule has 0 aliphatic carbocycles. The Morgan fingerprint density at radius 2 is 1.96 bits per heavy atom. The van der Waals surface area contributed by atoms with Gasteiger partial charge < -0.3 is 10.1 Å². The average Bonchev–Trinajstić information content (AvgIpc) is 2.51. The third-order valence-electron chi connectivity index (χ3n) is 3.68. The summed E-state index contributed by atoms with van der Waals surface area (Å²) in [6.07, 6.45) is -0.345. The molecule has 5 heteroatoms. The van der Waals surface area contributed by atoms with E-state index < -0.39 is 23.6 Å². The number of ether oxygens (including phenoxy) is 1. The van der Waals surface area contributed by atoms with E-state index in [1.54, 1.807) is 13.0 Å². The van der Waals surface area contributed by atoms with Crippen LogP contribution >= 0.6 is 0 Å². The summed E-state index contributed by atoms with van der Waals surface area (Å²) in [6, 6.07) is 8.59. The van der Waals surface area contributed by atoms with Gasteiger partial charge in [0.2, 0.25) is 0 Å². The van der Waals surface area contributed by atoms with Gasteiger partial charge >= 0.3 is 0 Å². The maximum Gasteiger partial charge on any atom is 0.265 e. The topological polar surface area (TPSA) is 38.3 Å². The SMILES string of the molecule is CC[C@@H](Oc1cccc(C)c1C)C(=O)Nc1ccc(F)cc1F. The summed E-state index contributed by atoms with van der Waals surface area (Å²) in [6.45, 7) is 5.67. The normalized spacial score (nSPS) is 11.9. The van der Waals surface area contributed by atoms with Crippen LogP contribution in [0.2, 0.25) is 0 Å². The molecule has 2 aromatic rings. The number of benzene rings is 2. The molecule has 0 bridgehead atoms. The van der Waals surface area contributed by atoms with Gasteiger partial charge in [-0.25, -0.2) is 8.78 Å². The Morgan fingerprint density at radius 1 is 1.22 bits per heavy atom. The highest BCUT2D eigenvalue weighted by Crippen LogP contribution is 2.23. The Hall–Kier alpha value is -2.43. The first-order chi connectivity index (χ1) is 10.9. The van der Waals surface area contributed by atoms with Gasteiger partial charge in [0.25, 0.3) is 5.91 Å². The molecule has 0 saturated carbocycles. The summed E-state index contributed by atoms with van der Waals surface area (Å²) in [5, 5.41) is 2.44. The highest BCUT2D eigenvalue weighted by molar-refractivity contribution is 5.94. The first-order valence-electron chi connectivity index (χ1n) is 7.41. The Bertz CT molecular complexity index is 716. The maximum absolute atomic E-state index is 13.6. The molecule has 3 nitrogen and oxygen atoms in total. The summed E-state index contributed by atoms with van der Waals surface area (Å²) in [5.74, 6) is -1.37. The molecular formula is C18H19F2NO2. The van der Waals surface area contributed by atoms with Crippen LogP contribution in [-0.4, -0.2) is 12.0 Å². The minimum atomic E-state index is -0.820. The van der Waals surface area contributed by atoms with Crippen LogP contribution in [0.25, 0.3) is 0 Å². The van der Waals surface area contributed by atoms with Crippen LogP contribution < -0.4 is 10.1 Å². The zero-order valence-electron chi connectivity index (χ0n) is 13.3. The van der Waals surface area contributed by atoms with Crippen LogP contribution in [0.5, 0.6) is 5.75 Å². The number of halogens is 2. The number of aryl methyl sites for hydroxylation is 1. The highest BCUT2D eigenvalue weighted by Gasteiger charge is 2.20. The summed E-state index contributed by atoms with van der Waals surface area (Å²) in [5.41, 5.74) is 1.94. The number of hydrogen-bond donors (Lipinski definition) is 1. The van der Waals surface area contributed by atoms with Gasteiger partial charge in [0.1, 0.15) is 17.4 Å². The number of anilines is 1. The average molecular weight is 319 g/mol. The molecule has 0 saturated heterocycles. The third-order valence-corrected chi connectivity index (χ3v) is 3.68. The highest BCUT2D eigenvalue weighted by atomic mass is 19.1. The minimum Gasteiger partial charge on any atom is -0.480 e. The summed E-state index contributed by atoms with van der Waals surface area (Å²) < 4.78 is 32.3. The second kappa shape index (κ2) is 7.22. The molecule has 0 heterocycles. The van der Waals surface area contributed by atoms with Crippen LogP contribution in [0.15, 0.2) is 36.4 Å². The van der Waals surface area contributed by atoms with E-state index in [2.05, 4.69) is 5.32 Å². The number of nitrogens with one attached hydrogen (secondary N) is 1. The van der Waals surface area contributed by atoms with E-state index in [0.29, 0.717) is 12.2 Å². The lowest BCUT2D eigenvalue weighted by molar-refractivity contribution is -0.122. The number of carbonyl (C=O) groups excluding carboxylic acids is 1. The first kappa shape index (κ1) is 16.9. The molecule has 0 unspecified atom stereocenters. The van der Waals surface area contributed by atoms with Gasteiger partial charge in [-0.1, -0.05) is 19.1 Å². The van der Waals surface area contributed by atoms with E-state index in [0.717, 1.165) is 23.3 Å². The van der Waals surface area contributed by atoms with Crippen molar-refractivity contribution in [3.05, 3.63) is 59.2 Å². The summed E-state index contributed by atoms with van der Waals surface area (Å²) in [7, 11) is 0. The van der Waals surface area contributed by atoms with Crippen molar-refractivity contribution in [1.82, 2.24) is 0 Å². The van der Waals surface area contributed by atoms with Crippen molar-refractivity contribution < 1.29 is 18.3 Å². The zero-order chi connectivity index (χ0) is 17.0. The molecule has 0 fully saturated rings. The lowest BCUT2D eigenvalue weighted by atomic mass is 10.1. The first-order valence-corrected chi connectivity index (χ1v) is 7.41. The van der Waals surface area contributed by atoms with Crippen molar-refractivity contribution in [2.75, 3.05) is 5.32 Å². The van der Waals surface area contributed by atoms with Crippen LogP contribution in [0, 0.1) is 25.5 Å². The fraction of sp³-hybridized carbons (Fsp3) is 0.278. The van der Waals surface area contributed by atoms with Gasteiger partial charge in [0.15, 0.2) is 6.10 Å². The Kier molecular flexibility index (Phi) is 5.32. The number of hydrogen-bond acceptors (Lipinski definition) is 2. The Balaban J connectivity index is 2.14. The van der Waals surface area contributed by atoms with Crippen molar-refractivity contribution in [3.63, 3.8) is 0 Å². The molecule has 1 N–H and O–H groups in total. The lowest BCUT2D eigenvalue weighted by Crippen LogP contribution is -2.32. The van der Waals surface area contributed by atoms with Crippen molar-refractivity contribution in [2.45, 2.75) is 33.3 Å². The molecule has 0 spiro atoms. The second-order valence-corrected chi connectivity index (χ2v) is 5.33. The third kappa shape index (κ3) is 4.06. The van der Waals surface area contributed by atoms with Gasteiger partial charge in [0, 0.05) is 6.07 Å². The van der Waals surface area contributed by atoms with Crippen molar-refractivity contribution >= 4 is 11.6 Å². The minimum absolute atomic E-state index is 0.0700. The van der Waals surface area contributed by atoms with E-state index in [1.165, 1.54) is 6.07 Å².